The number of rotatable bonds is 3. The third-order valence-corrected chi connectivity index (χ3v) is 11.4. The smallest absolute Gasteiger partial charge is 0.454 e. The predicted molar refractivity (Wildman–Crippen MR) is 137 cm³/mol. The van der Waals surface area contributed by atoms with E-state index in [1.54, 1.807) is 0 Å². The Labute approximate surface area is 220 Å². The Balaban J connectivity index is 1.81. The molecule has 2 saturated heterocycles. The number of hydrogen-bond acceptors (Lipinski definition) is 8. The van der Waals surface area contributed by atoms with E-state index >= 15 is 0 Å². The maximum atomic E-state index is 14.7. The molecular weight excluding hydrogens is 492 g/mol. The molecule has 8 nitrogen and oxygen atoms in total. The van der Waals surface area contributed by atoms with Gasteiger partial charge >= 0.3 is 12.1 Å². The van der Waals surface area contributed by atoms with Gasteiger partial charge in [0, 0.05) is 30.1 Å². The van der Waals surface area contributed by atoms with Gasteiger partial charge < -0.3 is 23.4 Å². The summed E-state index contributed by atoms with van der Waals surface area (Å²) in [4.78, 5) is 40.3. The van der Waals surface area contributed by atoms with Crippen LogP contribution in [0.4, 0.5) is 4.79 Å². The van der Waals surface area contributed by atoms with Crippen molar-refractivity contribution in [3.63, 3.8) is 0 Å². The number of fused-ring (bicyclic) bond motifs is 5. The molecule has 2 aliphatic heterocycles. The summed E-state index contributed by atoms with van der Waals surface area (Å²) in [5.74, 6) is -1.52. The summed E-state index contributed by atoms with van der Waals surface area (Å²) in [5, 5.41) is 0. The lowest BCUT2D eigenvalue weighted by Gasteiger charge is -2.67. The van der Waals surface area contributed by atoms with Crippen LogP contribution in [0.1, 0.15) is 61.3 Å². The number of ether oxygens (including phenoxy) is 4. The van der Waals surface area contributed by atoms with Gasteiger partial charge in [0.05, 0.1) is 18.6 Å². The van der Waals surface area contributed by atoms with Crippen LogP contribution in [0, 0.1) is 28.6 Å². The summed E-state index contributed by atoms with van der Waals surface area (Å²) < 4.78 is 31.2. The second kappa shape index (κ2) is 7.91. The van der Waals surface area contributed by atoms with E-state index in [9.17, 15) is 14.4 Å². The van der Waals surface area contributed by atoms with Gasteiger partial charge in [-0.2, -0.15) is 0 Å². The summed E-state index contributed by atoms with van der Waals surface area (Å²) in [6, 6.07) is 0. The van der Waals surface area contributed by atoms with E-state index in [1.165, 1.54) is 6.92 Å². The SMILES string of the molecule is CC(=O)O[C@@]12CO[C@@H]1C[C@H](C)[C@@]1(C)C(=O)[C@H](C)C3=C(C)[C@@H](O[Si](C)(C)C)C[C@]4(OC(=O)OC4[C@H]21)C3(C)C. The first kappa shape index (κ1) is 26.9. The molecule has 0 N–H and O–H groups in total. The first-order valence-electron chi connectivity index (χ1n) is 13.6. The summed E-state index contributed by atoms with van der Waals surface area (Å²) in [6.07, 6.45) is -1.26. The zero-order valence-electron chi connectivity index (χ0n) is 23.9. The molecule has 0 amide bonds. The Bertz CT molecular complexity index is 1090. The molecule has 2 saturated carbocycles. The summed E-state index contributed by atoms with van der Waals surface area (Å²) >= 11 is 0. The Morgan fingerprint density at radius 2 is 1.76 bits per heavy atom. The Hall–Kier alpha value is -1.71. The van der Waals surface area contributed by atoms with Crippen LogP contribution in [0.5, 0.6) is 0 Å². The van der Waals surface area contributed by atoms with E-state index in [0.717, 1.165) is 11.1 Å². The fraction of sp³-hybridized carbons (Fsp3) is 0.821. The lowest BCUT2D eigenvalue weighted by Crippen LogP contribution is -2.79. The van der Waals surface area contributed by atoms with Crippen LogP contribution in [0.25, 0.3) is 0 Å². The number of esters is 1. The Kier molecular flexibility index (Phi) is 5.75. The number of hydrogen-bond donors (Lipinski definition) is 0. The quantitative estimate of drug-likeness (QED) is 0.289. The first-order chi connectivity index (χ1) is 16.9. The van der Waals surface area contributed by atoms with Gasteiger partial charge in [-0.15, -0.1) is 0 Å². The van der Waals surface area contributed by atoms with E-state index in [1.807, 2.05) is 13.8 Å². The lowest BCUT2D eigenvalue weighted by molar-refractivity contribution is -0.330. The molecule has 0 aromatic rings. The predicted octanol–water partition coefficient (Wildman–Crippen LogP) is 4.81. The van der Waals surface area contributed by atoms with Crippen molar-refractivity contribution >= 4 is 26.2 Å². The van der Waals surface area contributed by atoms with Crippen molar-refractivity contribution in [1.82, 2.24) is 0 Å². The third kappa shape index (κ3) is 3.35. The van der Waals surface area contributed by atoms with Crippen LogP contribution in [0.15, 0.2) is 11.1 Å². The van der Waals surface area contributed by atoms with Crippen molar-refractivity contribution in [2.45, 2.75) is 110 Å². The first-order valence-corrected chi connectivity index (χ1v) is 17.0. The molecule has 5 aliphatic rings. The third-order valence-electron chi connectivity index (χ3n) is 10.4. The molecule has 0 aromatic heterocycles. The van der Waals surface area contributed by atoms with Crippen molar-refractivity contribution in [3.05, 3.63) is 11.1 Å². The van der Waals surface area contributed by atoms with Gasteiger partial charge in [-0.3, -0.25) is 9.59 Å². The highest BCUT2D eigenvalue weighted by Gasteiger charge is 2.79. The van der Waals surface area contributed by atoms with Gasteiger partial charge in [0.25, 0.3) is 0 Å². The molecule has 0 radical (unpaired) electrons. The second-order valence-corrected chi connectivity index (χ2v) is 18.2. The largest absolute Gasteiger partial charge is 0.509 e. The van der Waals surface area contributed by atoms with Crippen LogP contribution >= 0.6 is 0 Å². The van der Waals surface area contributed by atoms with Crippen LogP contribution in [-0.2, 0) is 33.0 Å². The molecule has 2 heterocycles. The van der Waals surface area contributed by atoms with Crippen LogP contribution < -0.4 is 0 Å². The maximum Gasteiger partial charge on any atom is 0.509 e. The van der Waals surface area contributed by atoms with E-state index < -0.39 is 60.4 Å². The molecule has 9 atom stereocenters. The normalized spacial score (nSPS) is 46.3. The minimum absolute atomic E-state index is 0.0782. The molecule has 37 heavy (non-hydrogen) atoms. The molecule has 2 bridgehead atoms. The number of ketones is 1. The second-order valence-electron chi connectivity index (χ2n) is 13.8. The van der Waals surface area contributed by atoms with Crippen molar-refractivity contribution < 1.29 is 37.8 Å². The lowest BCUT2D eigenvalue weighted by atomic mass is 9.42. The minimum atomic E-state index is -2.01. The van der Waals surface area contributed by atoms with Crippen molar-refractivity contribution in [3.8, 4) is 0 Å². The summed E-state index contributed by atoms with van der Waals surface area (Å²) in [5.41, 5.74) is -1.82. The average molecular weight is 535 g/mol. The van der Waals surface area contributed by atoms with Gasteiger partial charge in [-0.1, -0.05) is 34.6 Å². The van der Waals surface area contributed by atoms with Crippen molar-refractivity contribution in [2.24, 2.45) is 28.6 Å². The maximum absolute atomic E-state index is 14.7. The molecule has 9 heteroatoms. The van der Waals surface area contributed by atoms with Crippen LogP contribution in [0.2, 0.25) is 19.6 Å². The van der Waals surface area contributed by atoms with E-state index in [4.69, 9.17) is 23.4 Å². The molecule has 4 fully saturated rings. The standard InChI is InChI=1S/C28H42O8Si/c1-14-11-19-27(13-32-19,34-17(4)29)21-23-28(35-24(31)33-23)12-18(36-37(8,9)10)15(2)20(25(28,5)6)16(3)22(30)26(14,21)7/h14,16,18-19,21,23H,11-13H2,1-10H3/t14-,16+,18-,19+,21-,23?,26+,27-,28+/m0/s1. The van der Waals surface area contributed by atoms with Gasteiger partial charge in [-0.05, 0) is 50.0 Å². The van der Waals surface area contributed by atoms with Gasteiger partial charge in [-0.25, -0.2) is 4.79 Å². The zero-order valence-corrected chi connectivity index (χ0v) is 24.9. The molecule has 1 unspecified atom stereocenters. The fourth-order valence-electron chi connectivity index (χ4n) is 8.72. The Morgan fingerprint density at radius 3 is 2.30 bits per heavy atom. The van der Waals surface area contributed by atoms with E-state index in [0.29, 0.717) is 12.8 Å². The molecule has 0 aromatic carbocycles. The highest BCUT2D eigenvalue weighted by molar-refractivity contribution is 6.69. The molecule has 5 rings (SSSR count). The van der Waals surface area contributed by atoms with Gasteiger partial charge in [0.2, 0.25) is 0 Å². The van der Waals surface area contributed by atoms with Crippen molar-refractivity contribution in [2.75, 3.05) is 6.61 Å². The topological polar surface area (TPSA) is 97.4 Å². The van der Waals surface area contributed by atoms with Gasteiger partial charge in [0.1, 0.15) is 11.9 Å². The average Bonchev–Trinajstić information content (AvgIpc) is 3.07. The highest BCUT2D eigenvalue weighted by Crippen LogP contribution is 2.68. The van der Waals surface area contributed by atoms with Crippen LogP contribution in [0.3, 0.4) is 0 Å². The number of carbonyl (C=O) groups is 3. The Morgan fingerprint density at radius 1 is 1.11 bits per heavy atom. The summed E-state index contributed by atoms with van der Waals surface area (Å²) in [7, 11) is -2.01. The van der Waals surface area contributed by atoms with Crippen LogP contribution in [-0.4, -0.2) is 62.3 Å². The van der Waals surface area contributed by atoms with E-state index in [-0.39, 0.29) is 30.5 Å². The van der Waals surface area contributed by atoms with Crippen molar-refractivity contribution in [1.29, 1.82) is 0 Å². The minimum Gasteiger partial charge on any atom is -0.454 e. The monoisotopic (exact) mass is 534 g/mol. The zero-order chi connectivity index (χ0) is 27.5. The summed E-state index contributed by atoms with van der Waals surface area (Å²) in [6.45, 7) is 20.1. The number of Topliss-reactive ketones (excluding diaryl/α,β-unsaturated/α-hetero) is 1. The highest BCUT2D eigenvalue weighted by atomic mass is 28.4. The number of carbonyl (C=O) groups excluding carboxylic acids is 3. The molecular formula is C28H42O8Si. The fourth-order valence-corrected chi connectivity index (χ4v) is 9.83. The molecule has 3 aliphatic carbocycles. The van der Waals surface area contributed by atoms with E-state index in [2.05, 4.69) is 47.3 Å². The molecule has 1 spiro atoms. The van der Waals surface area contributed by atoms with Gasteiger partial charge in [0.15, 0.2) is 25.6 Å². The molecule has 206 valence electrons.